The lowest BCUT2D eigenvalue weighted by Gasteiger charge is -2.29. The van der Waals surface area contributed by atoms with E-state index in [-0.39, 0.29) is 0 Å². The molecule has 3 rings (SSSR count). The van der Waals surface area contributed by atoms with Crippen LogP contribution in [0.2, 0.25) is 0 Å². The molecule has 1 fully saturated rings. The predicted octanol–water partition coefficient (Wildman–Crippen LogP) is 3.60. The van der Waals surface area contributed by atoms with Crippen molar-refractivity contribution in [2.45, 2.75) is 6.42 Å². The third-order valence-electron chi connectivity index (χ3n) is 3.04. The van der Waals surface area contributed by atoms with E-state index in [9.17, 15) is 0 Å². The summed E-state index contributed by atoms with van der Waals surface area (Å²) < 4.78 is 5.72. The van der Waals surface area contributed by atoms with Crippen LogP contribution >= 0.6 is 0 Å². The molecule has 0 amide bonds. The van der Waals surface area contributed by atoms with E-state index in [1.54, 1.807) is 0 Å². The molecule has 0 spiro atoms. The van der Waals surface area contributed by atoms with Crippen molar-refractivity contribution in [1.82, 2.24) is 0 Å². The van der Waals surface area contributed by atoms with Crippen molar-refractivity contribution in [3.05, 3.63) is 60.7 Å². The summed E-state index contributed by atoms with van der Waals surface area (Å²) in [7, 11) is 0. The first-order valence-electron chi connectivity index (χ1n) is 6.52. The fraction of sp³-hybridized carbons (Fsp3) is 0.188. The Morgan fingerprint density at radius 1 is 0.895 bits per heavy atom. The number of para-hydroxylation sites is 2. The highest BCUT2D eigenvalue weighted by Gasteiger charge is 2.19. The molecule has 0 aliphatic carbocycles. The Kier molecular flexibility index (Phi) is 3.45. The number of nitrogens with zero attached hydrogens (tertiary/aromatic N) is 2. The quantitative estimate of drug-likeness (QED) is 0.815. The molecule has 3 heteroatoms. The van der Waals surface area contributed by atoms with Crippen LogP contribution in [0.1, 0.15) is 6.42 Å². The van der Waals surface area contributed by atoms with Gasteiger partial charge in [0.15, 0.2) is 0 Å². The Bertz CT molecular complexity index is 551. The van der Waals surface area contributed by atoms with Gasteiger partial charge in [-0.05, 0) is 30.7 Å². The van der Waals surface area contributed by atoms with Crippen molar-refractivity contribution in [3.8, 4) is 0 Å². The summed E-state index contributed by atoms with van der Waals surface area (Å²) in [5.41, 5.74) is 2.04. The summed E-state index contributed by atoms with van der Waals surface area (Å²) in [5, 5.41) is 0. The second-order valence-corrected chi connectivity index (χ2v) is 4.42. The molecule has 0 radical (unpaired) electrons. The van der Waals surface area contributed by atoms with Gasteiger partial charge in [-0.25, -0.2) is 0 Å². The average Bonchev–Trinajstić information content (AvgIpc) is 2.50. The standard InChI is InChI=1S/C16H16N2O/c1-3-8-14(9-4-1)17-16-18(12-7-13-19-16)15-10-5-2-6-11-15/h1-6,8-11H,7,12-13H2. The number of hydrogen-bond acceptors (Lipinski definition) is 2. The molecule has 19 heavy (non-hydrogen) atoms. The van der Waals surface area contributed by atoms with Crippen molar-refractivity contribution < 1.29 is 4.74 Å². The summed E-state index contributed by atoms with van der Waals surface area (Å²) in [6, 6.07) is 20.8. The highest BCUT2D eigenvalue weighted by Crippen LogP contribution is 2.20. The fourth-order valence-corrected chi connectivity index (χ4v) is 2.11. The molecule has 0 aromatic heterocycles. The topological polar surface area (TPSA) is 24.8 Å². The molecular formula is C16H16N2O. The molecule has 2 aromatic rings. The molecule has 1 heterocycles. The SMILES string of the molecule is c1ccc(N=C2OCCCN2c2ccccc2)cc1. The van der Waals surface area contributed by atoms with E-state index < -0.39 is 0 Å². The van der Waals surface area contributed by atoms with Crippen LogP contribution in [0.15, 0.2) is 65.7 Å². The van der Waals surface area contributed by atoms with Gasteiger partial charge in [0, 0.05) is 12.2 Å². The average molecular weight is 252 g/mol. The molecule has 3 nitrogen and oxygen atoms in total. The minimum absolute atomic E-state index is 0.684. The van der Waals surface area contributed by atoms with Crippen molar-refractivity contribution in [2.75, 3.05) is 18.1 Å². The number of anilines is 1. The number of hydrogen-bond donors (Lipinski definition) is 0. The number of amidine groups is 1. The monoisotopic (exact) mass is 252 g/mol. The smallest absolute Gasteiger partial charge is 0.297 e. The Morgan fingerprint density at radius 3 is 2.32 bits per heavy atom. The second kappa shape index (κ2) is 5.57. The van der Waals surface area contributed by atoms with Crippen LogP contribution in [0.4, 0.5) is 11.4 Å². The largest absolute Gasteiger partial charge is 0.465 e. The van der Waals surface area contributed by atoms with E-state index in [4.69, 9.17) is 4.74 Å². The van der Waals surface area contributed by atoms with E-state index in [1.165, 1.54) is 0 Å². The Balaban J connectivity index is 1.92. The molecular weight excluding hydrogens is 236 g/mol. The van der Waals surface area contributed by atoms with E-state index in [1.807, 2.05) is 48.5 Å². The lowest BCUT2D eigenvalue weighted by atomic mass is 10.2. The summed E-state index contributed by atoms with van der Waals surface area (Å²) in [6.45, 7) is 1.67. The van der Waals surface area contributed by atoms with Crippen LogP contribution in [0.25, 0.3) is 0 Å². The van der Waals surface area contributed by atoms with Gasteiger partial charge in [-0.3, -0.25) is 4.90 Å². The van der Waals surface area contributed by atoms with Crippen molar-refractivity contribution >= 4 is 17.4 Å². The Morgan fingerprint density at radius 2 is 1.58 bits per heavy atom. The van der Waals surface area contributed by atoms with E-state index in [0.29, 0.717) is 6.02 Å². The lowest BCUT2D eigenvalue weighted by molar-refractivity contribution is 0.270. The minimum Gasteiger partial charge on any atom is -0.465 e. The van der Waals surface area contributed by atoms with Crippen LogP contribution < -0.4 is 4.90 Å². The fourth-order valence-electron chi connectivity index (χ4n) is 2.11. The molecule has 0 unspecified atom stereocenters. The Hall–Kier alpha value is -2.29. The summed E-state index contributed by atoms with van der Waals surface area (Å²) in [6.07, 6.45) is 1.02. The van der Waals surface area contributed by atoms with Crippen molar-refractivity contribution in [2.24, 2.45) is 4.99 Å². The maximum atomic E-state index is 5.72. The number of ether oxygens (including phenoxy) is 1. The number of benzene rings is 2. The summed E-state index contributed by atoms with van der Waals surface area (Å²) in [5.74, 6) is 0. The minimum atomic E-state index is 0.684. The van der Waals surface area contributed by atoms with Crippen LogP contribution in [0.3, 0.4) is 0 Å². The zero-order valence-corrected chi connectivity index (χ0v) is 10.7. The molecule has 2 aromatic carbocycles. The van der Waals surface area contributed by atoms with Crippen molar-refractivity contribution in [1.29, 1.82) is 0 Å². The summed E-state index contributed by atoms with van der Waals surface area (Å²) >= 11 is 0. The number of rotatable bonds is 2. The van der Waals surface area contributed by atoms with Gasteiger partial charge in [-0.2, -0.15) is 4.99 Å². The molecule has 0 atom stereocenters. The molecule has 0 bridgehead atoms. The summed E-state index contributed by atoms with van der Waals surface area (Å²) in [4.78, 5) is 6.72. The maximum absolute atomic E-state index is 5.72. The van der Waals surface area contributed by atoms with Gasteiger partial charge in [0.05, 0.1) is 12.3 Å². The zero-order valence-electron chi connectivity index (χ0n) is 10.7. The normalized spacial score (nSPS) is 17.3. The van der Waals surface area contributed by atoms with E-state index >= 15 is 0 Å². The van der Waals surface area contributed by atoms with Gasteiger partial charge < -0.3 is 4.74 Å². The van der Waals surface area contributed by atoms with Gasteiger partial charge in [0.25, 0.3) is 6.02 Å². The van der Waals surface area contributed by atoms with Crippen LogP contribution in [0.5, 0.6) is 0 Å². The van der Waals surface area contributed by atoms with Crippen LogP contribution in [-0.4, -0.2) is 19.2 Å². The molecule has 0 saturated carbocycles. The molecule has 1 aliphatic heterocycles. The van der Waals surface area contributed by atoms with Crippen LogP contribution in [-0.2, 0) is 4.74 Å². The molecule has 1 saturated heterocycles. The molecule has 1 aliphatic rings. The first-order valence-corrected chi connectivity index (χ1v) is 6.52. The third-order valence-corrected chi connectivity index (χ3v) is 3.04. The Labute approximate surface area is 113 Å². The lowest BCUT2D eigenvalue weighted by Crippen LogP contribution is -2.38. The van der Waals surface area contributed by atoms with Gasteiger partial charge in [0.2, 0.25) is 0 Å². The number of aliphatic imine (C=N–C) groups is 1. The predicted molar refractivity (Wildman–Crippen MR) is 77.9 cm³/mol. The van der Waals surface area contributed by atoms with E-state index in [0.717, 1.165) is 30.9 Å². The highest BCUT2D eigenvalue weighted by atomic mass is 16.5. The van der Waals surface area contributed by atoms with Crippen LogP contribution in [0, 0.1) is 0 Å². The van der Waals surface area contributed by atoms with Gasteiger partial charge in [-0.1, -0.05) is 36.4 Å². The first kappa shape index (κ1) is 11.8. The van der Waals surface area contributed by atoms with Crippen molar-refractivity contribution in [3.63, 3.8) is 0 Å². The second-order valence-electron chi connectivity index (χ2n) is 4.42. The highest BCUT2D eigenvalue weighted by molar-refractivity contribution is 5.93. The molecule has 0 N–H and O–H groups in total. The molecule has 96 valence electrons. The maximum Gasteiger partial charge on any atom is 0.297 e. The third kappa shape index (κ3) is 2.76. The zero-order chi connectivity index (χ0) is 12.9. The van der Waals surface area contributed by atoms with Gasteiger partial charge >= 0.3 is 0 Å². The first-order chi connectivity index (χ1) is 9.43. The van der Waals surface area contributed by atoms with Gasteiger partial charge in [0.1, 0.15) is 0 Å². The van der Waals surface area contributed by atoms with Gasteiger partial charge in [-0.15, -0.1) is 0 Å². The van der Waals surface area contributed by atoms with E-state index in [2.05, 4.69) is 22.0 Å².